The number of ketones is 1. The Balaban J connectivity index is 2.63. The van der Waals surface area contributed by atoms with Gasteiger partial charge in [-0.15, -0.1) is 0 Å². The van der Waals surface area contributed by atoms with Gasteiger partial charge < -0.3 is 11.1 Å². The maximum absolute atomic E-state index is 11.7. The van der Waals surface area contributed by atoms with Gasteiger partial charge in [-0.25, -0.2) is 0 Å². The van der Waals surface area contributed by atoms with E-state index in [0.29, 0.717) is 24.2 Å². The SMILES string of the molecule is CC(=O)Nc1ccc(C(=O)CC=CCN)cc1. The molecule has 0 fully saturated rings. The standard InChI is InChI=1S/C13H16N2O2/c1-10(16)15-12-7-5-11(6-8-12)13(17)4-2-3-9-14/h2-3,5-8H,4,9,14H2,1H3,(H,15,16). The summed E-state index contributed by atoms with van der Waals surface area (Å²) in [6.45, 7) is 1.88. The van der Waals surface area contributed by atoms with Crippen molar-refractivity contribution in [2.45, 2.75) is 13.3 Å². The Hall–Kier alpha value is -1.94. The van der Waals surface area contributed by atoms with Crippen LogP contribution in [0.4, 0.5) is 5.69 Å². The largest absolute Gasteiger partial charge is 0.327 e. The van der Waals surface area contributed by atoms with Gasteiger partial charge in [-0.1, -0.05) is 12.2 Å². The average Bonchev–Trinajstić information content (AvgIpc) is 2.29. The van der Waals surface area contributed by atoms with Gasteiger partial charge in [0.2, 0.25) is 5.91 Å². The third kappa shape index (κ3) is 4.61. The van der Waals surface area contributed by atoms with Crippen molar-refractivity contribution in [2.75, 3.05) is 11.9 Å². The van der Waals surface area contributed by atoms with Crippen LogP contribution < -0.4 is 11.1 Å². The van der Waals surface area contributed by atoms with E-state index in [4.69, 9.17) is 5.73 Å². The monoisotopic (exact) mass is 232 g/mol. The van der Waals surface area contributed by atoms with Crippen LogP contribution in [0.15, 0.2) is 36.4 Å². The molecule has 0 aliphatic heterocycles. The predicted octanol–water partition coefficient (Wildman–Crippen LogP) is 1.73. The van der Waals surface area contributed by atoms with Gasteiger partial charge in [-0.3, -0.25) is 9.59 Å². The summed E-state index contributed by atoms with van der Waals surface area (Å²) < 4.78 is 0. The van der Waals surface area contributed by atoms with E-state index in [1.54, 1.807) is 36.4 Å². The van der Waals surface area contributed by atoms with Crippen molar-refractivity contribution < 1.29 is 9.59 Å². The molecule has 4 heteroatoms. The molecule has 0 unspecified atom stereocenters. The number of benzene rings is 1. The zero-order valence-corrected chi connectivity index (χ0v) is 9.77. The van der Waals surface area contributed by atoms with E-state index in [1.807, 2.05) is 0 Å². The second-order valence-corrected chi connectivity index (χ2v) is 3.59. The molecule has 1 amide bonds. The van der Waals surface area contributed by atoms with Crippen molar-refractivity contribution in [3.05, 3.63) is 42.0 Å². The van der Waals surface area contributed by atoms with Crippen LogP contribution in [-0.2, 0) is 4.79 Å². The van der Waals surface area contributed by atoms with Crippen LogP contribution in [0, 0.1) is 0 Å². The van der Waals surface area contributed by atoms with Gasteiger partial charge in [-0.2, -0.15) is 0 Å². The highest BCUT2D eigenvalue weighted by molar-refractivity contribution is 5.97. The number of Topliss-reactive ketones (excluding diaryl/α,β-unsaturated/α-hetero) is 1. The molecule has 90 valence electrons. The molecule has 1 aromatic rings. The van der Waals surface area contributed by atoms with Crippen LogP contribution in [0.3, 0.4) is 0 Å². The lowest BCUT2D eigenvalue weighted by molar-refractivity contribution is -0.114. The molecule has 0 spiro atoms. The predicted molar refractivity (Wildman–Crippen MR) is 67.9 cm³/mol. The molecule has 17 heavy (non-hydrogen) atoms. The summed E-state index contributed by atoms with van der Waals surface area (Å²) in [6, 6.07) is 6.82. The van der Waals surface area contributed by atoms with Crippen molar-refractivity contribution in [2.24, 2.45) is 5.73 Å². The van der Waals surface area contributed by atoms with Crippen molar-refractivity contribution >= 4 is 17.4 Å². The van der Waals surface area contributed by atoms with E-state index in [-0.39, 0.29) is 11.7 Å². The number of anilines is 1. The molecule has 0 aromatic heterocycles. The number of nitrogens with two attached hydrogens (primary N) is 1. The molecule has 1 rings (SSSR count). The summed E-state index contributed by atoms with van der Waals surface area (Å²) in [5.74, 6) is -0.0981. The van der Waals surface area contributed by atoms with Crippen LogP contribution in [0.1, 0.15) is 23.7 Å². The van der Waals surface area contributed by atoms with E-state index in [2.05, 4.69) is 5.32 Å². The summed E-state index contributed by atoms with van der Waals surface area (Å²) >= 11 is 0. The van der Waals surface area contributed by atoms with E-state index < -0.39 is 0 Å². The lowest BCUT2D eigenvalue weighted by atomic mass is 10.1. The lowest BCUT2D eigenvalue weighted by Crippen LogP contribution is -2.06. The highest BCUT2D eigenvalue weighted by Gasteiger charge is 2.03. The van der Waals surface area contributed by atoms with Crippen molar-refractivity contribution in [1.29, 1.82) is 0 Å². The minimum absolute atomic E-state index is 0.0316. The Morgan fingerprint density at radius 2 is 1.88 bits per heavy atom. The van der Waals surface area contributed by atoms with E-state index >= 15 is 0 Å². The lowest BCUT2D eigenvalue weighted by Gasteiger charge is -2.03. The number of nitrogens with one attached hydrogen (secondary N) is 1. The van der Waals surface area contributed by atoms with Gasteiger partial charge in [-0.05, 0) is 24.3 Å². The molecular formula is C13H16N2O2. The summed E-state index contributed by atoms with van der Waals surface area (Å²) in [4.78, 5) is 22.5. The Morgan fingerprint density at radius 3 is 2.41 bits per heavy atom. The summed E-state index contributed by atoms with van der Waals surface area (Å²) in [5.41, 5.74) is 6.59. The summed E-state index contributed by atoms with van der Waals surface area (Å²) in [6.07, 6.45) is 3.85. The van der Waals surface area contributed by atoms with Crippen LogP contribution >= 0.6 is 0 Å². The van der Waals surface area contributed by atoms with Gasteiger partial charge in [0.1, 0.15) is 0 Å². The third-order valence-electron chi connectivity index (χ3n) is 2.13. The van der Waals surface area contributed by atoms with Crippen LogP contribution in [-0.4, -0.2) is 18.2 Å². The zero-order valence-electron chi connectivity index (χ0n) is 9.77. The van der Waals surface area contributed by atoms with Crippen molar-refractivity contribution in [3.63, 3.8) is 0 Å². The summed E-state index contributed by atoms with van der Waals surface area (Å²) in [5, 5.41) is 2.64. The molecule has 0 heterocycles. The number of carbonyl (C=O) groups is 2. The highest BCUT2D eigenvalue weighted by Crippen LogP contribution is 2.11. The number of amides is 1. The van der Waals surface area contributed by atoms with E-state index in [1.165, 1.54) is 6.92 Å². The van der Waals surface area contributed by atoms with Gasteiger partial charge >= 0.3 is 0 Å². The fraction of sp³-hybridized carbons (Fsp3) is 0.231. The second kappa shape index (κ2) is 6.60. The van der Waals surface area contributed by atoms with Gasteiger partial charge in [0, 0.05) is 31.1 Å². The molecule has 0 saturated carbocycles. The number of allylic oxidation sites excluding steroid dienone is 1. The molecular weight excluding hydrogens is 216 g/mol. The molecule has 0 atom stereocenters. The van der Waals surface area contributed by atoms with Crippen LogP contribution in [0.2, 0.25) is 0 Å². The van der Waals surface area contributed by atoms with Gasteiger partial charge in [0.05, 0.1) is 0 Å². The van der Waals surface area contributed by atoms with Crippen LogP contribution in [0.25, 0.3) is 0 Å². The zero-order chi connectivity index (χ0) is 12.7. The molecule has 4 nitrogen and oxygen atoms in total. The first-order chi connectivity index (χ1) is 8.13. The maximum atomic E-state index is 11.7. The normalized spacial score (nSPS) is 10.5. The highest BCUT2D eigenvalue weighted by atomic mass is 16.1. The van der Waals surface area contributed by atoms with Gasteiger partial charge in [0.15, 0.2) is 5.78 Å². The first kappa shape index (κ1) is 13.1. The number of hydrogen-bond acceptors (Lipinski definition) is 3. The molecule has 0 aliphatic rings. The molecule has 0 saturated heterocycles. The fourth-order valence-corrected chi connectivity index (χ4v) is 1.35. The van der Waals surface area contributed by atoms with Crippen molar-refractivity contribution in [3.8, 4) is 0 Å². The first-order valence-corrected chi connectivity index (χ1v) is 5.39. The van der Waals surface area contributed by atoms with Gasteiger partial charge in [0.25, 0.3) is 0 Å². The number of rotatable bonds is 5. The minimum Gasteiger partial charge on any atom is -0.327 e. The second-order valence-electron chi connectivity index (χ2n) is 3.59. The first-order valence-electron chi connectivity index (χ1n) is 5.39. The molecule has 0 aliphatic carbocycles. The Bertz CT molecular complexity index is 422. The fourth-order valence-electron chi connectivity index (χ4n) is 1.35. The topological polar surface area (TPSA) is 72.2 Å². The van der Waals surface area contributed by atoms with Crippen LogP contribution in [0.5, 0.6) is 0 Å². The average molecular weight is 232 g/mol. The van der Waals surface area contributed by atoms with Crippen molar-refractivity contribution in [1.82, 2.24) is 0 Å². The Morgan fingerprint density at radius 1 is 1.24 bits per heavy atom. The number of carbonyl (C=O) groups excluding carboxylic acids is 2. The molecule has 0 radical (unpaired) electrons. The minimum atomic E-state index is -0.130. The smallest absolute Gasteiger partial charge is 0.221 e. The third-order valence-corrected chi connectivity index (χ3v) is 2.13. The molecule has 1 aromatic carbocycles. The van der Waals surface area contributed by atoms with E-state index in [9.17, 15) is 9.59 Å². The maximum Gasteiger partial charge on any atom is 0.221 e. The molecule has 0 bridgehead atoms. The summed E-state index contributed by atoms with van der Waals surface area (Å²) in [7, 11) is 0. The van der Waals surface area contributed by atoms with E-state index in [0.717, 1.165) is 0 Å². The quantitative estimate of drug-likeness (QED) is 0.600. The Labute approximate surface area is 101 Å². The Kier molecular flexibility index (Phi) is 5.10. The number of hydrogen-bond donors (Lipinski definition) is 2. The molecule has 3 N–H and O–H groups in total.